The van der Waals surface area contributed by atoms with Crippen LogP contribution < -0.4 is 0 Å². The minimum atomic E-state index is -3.22. The molecule has 2 fully saturated rings. The van der Waals surface area contributed by atoms with Gasteiger partial charge in [0.15, 0.2) is 0 Å². The molecule has 0 radical (unpaired) electrons. The highest BCUT2D eigenvalue weighted by Crippen LogP contribution is 2.53. The van der Waals surface area contributed by atoms with Crippen LogP contribution in [-0.2, 0) is 18.4 Å². The zero-order valence-electron chi connectivity index (χ0n) is 11.1. The van der Waals surface area contributed by atoms with Gasteiger partial charge in [0.1, 0.15) is 11.9 Å². The Morgan fingerprint density at radius 2 is 1.39 bits per heavy atom. The standard InChI is InChI=1S/C13H23O4P/c1-11(14)10-18(15,16-12-6-2-3-7-12)17-13-8-4-5-9-13/h12-13H,2-10H2,1H3. The van der Waals surface area contributed by atoms with E-state index < -0.39 is 7.60 Å². The van der Waals surface area contributed by atoms with Crippen molar-refractivity contribution in [2.75, 3.05) is 6.16 Å². The van der Waals surface area contributed by atoms with Gasteiger partial charge in [-0.15, -0.1) is 0 Å². The van der Waals surface area contributed by atoms with Crippen LogP contribution >= 0.6 is 7.60 Å². The molecule has 2 aliphatic rings. The summed E-state index contributed by atoms with van der Waals surface area (Å²) in [6, 6.07) is 0. The molecule has 2 aliphatic carbocycles. The maximum absolute atomic E-state index is 12.7. The van der Waals surface area contributed by atoms with Crippen LogP contribution in [0.5, 0.6) is 0 Å². The van der Waals surface area contributed by atoms with Crippen LogP contribution in [-0.4, -0.2) is 24.2 Å². The summed E-state index contributed by atoms with van der Waals surface area (Å²) >= 11 is 0. The lowest BCUT2D eigenvalue weighted by Crippen LogP contribution is -2.16. The zero-order chi connectivity index (χ0) is 13.0. The number of Topliss-reactive ketones (excluding diaryl/α,β-unsaturated/α-hetero) is 1. The fourth-order valence-electron chi connectivity index (χ4n) is 2.81. The second-order valence-corrected chi connectivity index (χ2v) is 7.45. The van der Waals surface area contributed by atoms with Gasteiger partial charge in [0.25, 0.3) is 0 Å². The summed E-state index contributed by atoms with van der Waals surface area (Å²) in [6.45, 7) is 1.45. The highest BCUT2D eigenvalue weighted by molar-refractivity contribution is 7.54. The maximum atomic E-state index is 12.7. The van der Waals surface area contributed by atoms with Gasteiger partial charge in [-0.25, -0.2) is 0 Å². The van der Waals surface area contributed by atoms with Gasteiger partial charge in [-0.05, 0) is 32.6 Å². The molecule has 0 heterocycles. The quantitative estimate of drug-likeness (QED) is 0.693. The molecule has 104 valence electrons. The second kappa shape index (κ2) is 6.31. The Morgan fingerprint density at radius 1 is 1.00 bits per heavy atom. The Labute approximate surface area is 109 Å². The van der Waals surface area contributed by atoms with Crippen molar-refractivity contribution in [2.45, 2.75) is 70.5 Å². The summed E-state index contributed by atoms with van der Waals surface area (Å²) in [7, 11) is -3.22. The molecule has 0 amide bonds. The van der Waals surface area contributed by atoms with Crippen LogP contribution in [0.25, 0.3) is 0 Å². The Kier molecular flexibility index (Phi) is 4.99. The molecule has 0 aromatic carbocycles. The first kappa shape index (κ1) is 14.2. The normalized spacial score (nSPS) is 22.7. The smallest absolute Gasteiger partial charge is 0.305 e. The summed E-state index contributed by atoms with van der Waals surface area (Å²) in [5.41, 5.74) is 0. The molecule has 0 bridgehead atoms. The SMILES string of the molecule is CC(=O)CP(=O)(OC1CCCC1)OC1CCCC1. The summed E-state index contributed by atoms with van der Waals surface area (Å²) in [5.74, 6) is -0.116. The van der Waals surface area contributed by atoms with Crippen molar-refractivity contribution < 1.29 is 18.4 Å². The highest BCUT2D eigenvalue weighted by atomic mass is 31.2. The summed E-state index contributed by atoms with van der Waals surface area (Å²) < 4.78 is 24.0. The van der Waals surface area contributed by atoms with E-state index in [4.69, 9.17) is 9.05 Å². The van der Waals surface area contributed by atoms with Gasteiger partial charge in [-0.3, -0.25) is 9.36 Å². The molecule has 0 spiro atoms. The van der Waals surface area contributed by atoms with Gasteiger partial charge in [-0.2, -0.15) is 0 Å². The van der Waals surface area contributed by atoms with Crippen molar-refractivity contribution in [3.05, 3.63) is 0 Å². The molecule has 4 nitrogen and oxygen atoms in total. The molecule has 2 rings (SSSR count). The first-order valence-electron chi connectivity index (χ1n) is 7.03. The Morgan fingerprint density at radius 3 is 1.72 bits per heavy atom. The number of rotatable bonds is 6. The van der Waals surface area contributed by atoms with E-state index in [1.54, 1.807) is 0 Å². The predicted octanol–water partition coefficient (Wildman–Crippen LogP) is 3.69. The Balaban J connectivity index is 1.96. The number of hydrogen-bond donors (Lipinski definition) is 0. The monoisotopic (exact) mass is 274 g/mol. The van der Waals surface area contributed by atoms with E-state index in [2.05, 4.69) is 0 Å². The topological polar surface area (TPSA) is 52.6 Å². The van der Waals surface area contributed by atoms with Crippen LogP contribution in [0.2, 0.25) is 0 Å². The largest absolute Gasteiger partial charge is 0.338 e. The lowest BCUT2D eigenvalue weighted by atomic mass is 10.3. The molecular weight excluding hydrogens is 251 g/mol. The molecule has 0 unspecified atom stereocenters. The average Bonchev–Trinajstić information content (AvgIpc) is 2.89. The molecule has 2 saturated carbocycles. The average molecular weight is 274 g/mol. The van der Waals surface area contributed by atoms with E-state index in [1.165, 1.54) is 6.92 Å². The fraction of sp³-hybridized carbons (Fsp3) is 0.923. The predicted molar refractivity (Wildman–Crippen MR) is 69.8 cm³/mol. The van der Waals surface area contributed by atoms with Crippen LogP contribution in [0.3, 0.4) is 0 Å². The molecule has 18 heavy (non-hydrogen) atoms. The second-order valence-electron chi connectivity index (χ2n) is 5.49. The Bertz CT molecular complexity index is 308. The maximum Gasteiger partial charge on any atom is 0.338 e. The molecule has 0 aliphatic heterocycles. The minimum absolute atomic E-state index is 0.0246. The zero-order valence-corrected chi connectivity index (χ0v) is 12.0. The Hall–Kier alpha value is -0.180. The van der Waals surface area contributed by atoms with Gasteiger partial charge in [0.05, 0.1) is 12.2 Å². The van der Waals surface area contributed by atoms with Crippen molar-refractivity contribution in [3.8, 4) is 0 Å². The first-order valence-corrected chi connectivity index (χ1v) is 8.75. The van der Waals surface area contributed by atoms with Gasteiger partial charge in [-0.1, -0.05) is 25.7 Å². The molecule has 0 atom stereocenters. The van der Waals surface area contributed by atoms with Gasteiger partial charge >= 0.3 is 7.60 Å². The lowest BCUT2D eigenvalue weighted by molar-refractivity contribution is -0.115. The number of ketones is 1. The van der Waals surface area contributed by atoms with Crippen LogP contribution in [0.4, 0.5) is 0 Å². The molecule has 0 aromatic rings. The third kappa shape index (κ3) is 4.18. The van der Waals surface area contributed by atoms with Crippen molar-refractivity contribution in [2.24, 2.45) is 0 Å². The number of carbonyl (C=O) groups excluding carboxylic acids is 1. The van der Waals surface area contributed by atoms with Crippen molar-refractivity contribution >= 4 is 13.4 Å². The molecule has 5 heteroatoms. The fourth-order valence-corrected chi connectivity index (χ4v) is 4.89. The third-order valence-electron chi connectivity index (χ3n) is 3.64. The van der Waals surface area contributed by atoms with Crippen molar-refractivity contribution in [1.82, 2.24) is 0 Å². The van der Waals surface area contributed by atoms with Crippen molar-refractivity contribution in [3.63, 3.8) is 0 Å². The first-order chi connectivity index (χ1) is 8.57. The minimum Gasteiger partial charge on any atom is -0.305 e. The lowest BCUT2D eigenvalue weighted by Gasteiger charge is -2.24. The van der Waals surface area contributed by atoms with Crippen LogP contribution in [0.1, 0.15) is 58.3 Å². The molecular formula is C13H23O4P. The third-order valence-corrected chi connectivity index (χ3v) is 5.71. The number of carbonyl (C=O) groups is 1. The van der Waals surface area contributed by atoms with E-state index in [1.807, 2.05) is 0 Å². The molecule has 0 aromatic heterocycles. The highest BCUT2D eigenvalue weighted by Gasteiger charge is 2.35. The molecule has 0 saturated heterocycles. The van der Waals surface area contributed by atoms with Crippen molar-refractivity contribution in [1.29, 1.82) is 0 Å². The van der Waals surface area contributed by atoms with E-state index in [9.17, 15) is 9.36 Å². The van der Waals surface area contributed by atoms with Gasteiger partial charge in [0.2, 0.25) is 0 Å². The number of hydrogen-bond acceptors (Lipinski definition) is 4. The summed E-state index contributed by atoms with van der Waals surface area (Å²) in [5, 5.41) is 0. The van der Waals surface area contributed by atoms with E-state index >= 15 is 0 Å². The van der Waals surface area contributed by atoms with Crippen LogP contribution in [0, 0.1) is 0 Å². The van der Waals surface area contributed by atoms with Gasteiger partial charge in [0, 0.05) is 0 Å². The van der Waals surface area contributed by atoms with E-state index in [0.717, 1.165) is 51.4 Å². The van der Waals surface area contributed by atoms with Crippen LogP contribution in [0.15, 0.2) is 0 Å². The van der Waals surface area contributed by atoms with E-state index in [0.29, 0.717) is 0 Å². The van der Waals surface area contributed by atoms with E-state index in [-0.39, 0.29) is 24.2 Å². The summed E-state index contributed by atoms with van der Waals surface area (Å²) in [6.07, 6.45) is 8.22. The van der Waals surface area contributed by atoms with Gasteiger partial charge < -0.3 is 9.05 Å². The summed E-state index contributed by atoms with van der Waals surface area (Å²) in [4.78, 5) is 11.3. The molecule has 0 N–H and O–H groups in total.